The number of fused-ring (bicyclic) bond motifs is 5. The molecule has 1 amide bonds. The summed E-state index contributed by atoms with van der Waals surface area (Å²) in [6.07, 6.45) is 6.17. The van der Waals surface area contributed by atoms with Gasteiger partial charge in [-0.25, -0.2) is 4.98 Å². The Labute approximate surface area is 128 Å². The number of aliphatic hydroxyl groups is 1. The highest BCUT2D eigenvalue weighted by Crippen LogP contribution is 2.69. The fourth-order valence-electron chi connectivity index (χ4n) is 4.46. The summed E-state index contributed by atoms with van der Waals surface area (Å²) in [6.45, 7) is 0.0716. The standard InChI is InChI=1S/C16H18N2O2S/c19-6-2-1-3-11-8-17-16(21-11)18-15(20)14-12-9-4-5-10(7-9)13(12)14/h8-10,12-14,19H,2,4-7H2,(H,17,18,20). The summed E-state index contributed by atoms with van der Waals surface area (Å²) in [4.78, 5) is 17.4. The molecular formula is C16H18N2O2S. The van der Waals surface area contributed by atoms with E-state index in [9.17, 15) is 4.79 Å². The molecule has 4 unspecified atom stereocenters. The smallest absolute Gasteiger partial charge is 0.229 e. The van der Waals surface area contributed by atoms with Gasteiger partial charge in [-0.2, -0.15) is 0 Å². The highest BCUT2D eigenvalue weighted by molar-refractivity contribution is 7.16. The first-order chi connectivity index (χ1) is 10.3. The van der Waals surface area contributed by atoms with Crippen LogP contribution in [-0.2, 0) is 4.79 Å². The van der Waals surface area contributed by atoms with Gasteiger partial charge in [0.05, 0.1) is 17.7 Å². The SMILES string of the molecule is O=C(Nc1ncc(C#CCCO)s1)C1C2C3CCC(C3)C12. The molecule has 2 bridgehead atoms. The van der Waals surface area contributed by atoms with Gasteiger partial charge < -0.3 is 10.4 Å². The fraction of sp³-hybridized carbons (Fsp3) is 0.625. The van der Waals surface area contributed by atoms with Crippen LogP contribution in [0.5, 0.6) is 0 Å². The molecule has 1 aromatic heterocycles. The van der Waals surface area contributed by atoms with Gasteiger partial charge in [-0.1, -0.05) is 23.2 Å². The Bertz CT molecular complexity index is 614. The average Bonchev–Trinajstić information content (AvgIpc) is 2.82. The Balaban J connectivity index is 1.37. The average molecular weight is 302 g/mol. The van der Waals surface area contributed by atoms with Crippen molar-refractivity contribution < 1.29 is 9.90 Å². The van der Waals surface area contributed by atoms with Crippen LogP contribution in [-0.4, -0.2) is 22.6 Å². The molecule has 2 N–H and O–H groups in total. The van der Waals surface area contributed by atoms with Crippen LogP contribution in [0.1, 0.15) is 30.6 Å². The van der Waals surface area contributed by atoms with Crippen molar-refractivity contribution >= 4 is 22.4 Å². The molecule has 5 heteroatoms. The van der Waals surface area contributed by atoms with Crippen molar-refractivity contribution in [3.63, 3.8) is 0 Å². The zero-order chi connectivity index (χ0) is 14.4. The topological polar surface area (TPSA) is 62.2 Å². The zero-order valence-electron chi connectivity index (χ0n) is 11.7. The van der Waals surface area contributed by atoms with E-state index in [2.05, 4.69) is 22.1 Å². The highest BCUT2D eigenvalue weighted by Gasteiger charge is 2.67. The second-order valence-electron chi connectivity index (χ2n) is 6.31. The van der Waals surface area contributed by atoms with Crippen LogP contribution in [0.2, 0.25) is 0 Å². The quantitative estimate of drug-likeness (QED) is 0.841. The number of carbonyl (C=O) groups excluding carboxylic acids is 1. The van der Waals surface area contributed by atoms with E-state index in [1.807, 2.05) is 0 Å². The van der Waals surface area contributed by atoms with E-state index in [0.29, 0.717) is 23.4 Å². The largest absolute Gasteiger partial charge is 0.395 e. The normalized spacial score (nSPS) is 35.0. The van der Waals surface area contributed by atoms with Gasteiger partial charge in [0.2, 0.25) is 5.91 Å². The van der Waals surface area contributed by atoms with Gasteiger partial charge in [0.25, 0.3) is 0 Å². The Kier molecular flexibility index (Phi) is 3.24. The fourth-order valence-corrected chi connectivity index (χ4v) is 5.15. The third-order valence-corrected chi connectivity index (χ3v) is 6.05. The van der Waals surface area contributed by atoms with E-state index in [0.717, 1.165) is 16.7 Å². The Morgan fingerprint density at radius 2 is 2.19 bits per heavy atom. The molecule has 4 nitrogen and oxygen atoms in total. The van der Waals surface area contributed by atoms with E-state index in [1.54, 1.807) is 6.20 Å². The van der Waals surface area contributed by atoms with Crippen molar-refractivity contribution in [3.05, 3.63) is 11.1 Å². The summed E-state index contributed by atoms with van der Waals surface area (Å²) in [5, 5.41) is 12.3. The lowest BCUT2D eigenvalue weighted by atomic mass is 10.0. The minimum absolute atomic E-state index is 0.0716. The molecule has 0 spiro atoms. The van der Waals surface area contributed by atoms with Crippen LogP contribution < -0.4 is 5.32 Å². The number of thiazole rings is 1. The maximum Gasteiger partial charge on any atom is 0.229 e. The van der Waals surface area contributed by atoms with Crippen molar-refractivity contribution in [1.82, 2.24) is 4.98 Å². The molecule has 1 aromatic rings. The molecule has 0 aliphatic heterocycles. The number of carbonyl (C=O) groups is 1. The number of amides is 1. The molecule has 21 heavy (non-hydrogen) atoms. The van der Waals surface area contributed by atoms with Crippen LogP contribution in [0.25, 0.3) is 0 Å². The van der Waals surface area contributed by atoms with Crippen LogP contribution in [0.15, 0.2) is 6.20 Å². The number of hydrogen-bond acceptors (Lipinski definition) is 4. The highest BCUT2D eigenvalue weighted by atomic mass is 32.1. The summed E-state index contributed by atoms with van der Waals surface area (Å²) in [5.74, 6) is 9.15. The van der Waals surface area contributed by atoms with Gasteiger partial charge in [-0.05, 0) is 42.9 Å². The number of hydrogen-bond donors (Lipinski definition) is 2. The zero-order valence-corrected chi connectivity index (χ0v) is 12.5. The Morgan fingerprint density at radius 3 is 2.90 bits per heavy atom. The predicted molar refractivity (Wildman–Crippen MR) is 80.6 cm³/mol. The minimum atomic E-state index is 0.0716. The van der Waals surface area contributed by atoms with Crippen molar-refractivity contribution in [2.45, 2.75) is 25.7 Å². The summed E-state index contributed by atoms with van der Waals surface area (Å²) in [5.41, 5.74) is 0. The molecule has 3 aliphatic carbocycles. The summed E-state index contributed by atoms with van der Waals surface area (Å²) < 4.78 is 0. The molecule has 3 saturated carbocycles. The molecular weight excluding hydrogens is 284 g/mol. The molecule has 110 valence electrons. The van der Waals surface area contributed by atoms with E-state index < -0.39 is 0 Å². The molecule has 4 rings (SSSR count). The van der Waals surface area contributed by atoms with Crippen molar-refractivity contribution in [2.24, 2.45) is 29.6 Å². The second-order valence-corrected chi connectivity index (χ2v) is 7.34. The number of aromatic nitrogens is 1. The van der Waals surface area contributed by atoms with Gasteiger partial charge in [0.1, 0.15) is 0 Å². The van der Waals surface area contributed by atoms with E-state index in [-0.39, 0.29) is 18.4 Å². The summed E-state index contributed by atoms with van der Waals surface area (Å²) >= 11 is 1.40. The lowest BCUT2D eigenvalue weighted by molar-refractivity contribution is -0.118. The van der Waals surface area contributed by atoms with E-state index in [4.69, 9.17) is 5.11 Å². The first-order valence-electron chi connectivity index (χ1n) is 7.64. The Hall–Kier alpha value is -1.38. The molecule has 0 radical (unpaired) electrons. The number of rotatable bonds is 3. The van der Waals surface area contributed by atoms with Crippen LogP contribution in [0.4, 0.5) is 5.13 Å². The first-order valence-corrected chi connectivity index (χ1v) is 8.46. The second kappa shape index (κ2) is 5.11. The van der Waals surface area contributed by atoms with Gasteiger partial charge in [0.15, 0.2) is 5.13 Å². The number of aliphatic hydroxyl groups excluding tert-OH is 1. The van der Waals surface area contributed by atoms with Gasteiger partial charge in [-0.3, -0.25) is 4.79 Å². The molecule has 4 atom stereocenters. The molecule has 3 aliphatic rings. The van der Waals surface area contributed by atoms with Gasteiger partial charge in [0, 0.05) is 12.3 Å². The Morgan fingerprint density at radius 1 is 1.43 bits per heavy atom. The van der Waals surface area contributed by atoms with Crippen LogP contribution in [0.3, 0.4) is 0 Å². The lowest BCUT2D eigenvalue weighted by Crippen LogP contribution is -2.18. The maximum absolute atomic E-state index is 12.4. The number of nitrogens with zero attached hydrogens (tertiary/aromatic N) is 1. The summed E-state index contributed by atoms with van der Waals surface area (Å²) in [7, 11) is 0. The van der Waals surface area contributed by atoms with Crippen LogP contribution in [0, 0.1) is 41.4 Å². The summed E-state index contributed by atoms with van der Waals surface area (Å²) in [6, 6.07) is 0. The van der Waals surface area contributed by atoms with E-state index >= 15 is 0 Å². The minimum Gasteiger partial charge on any atom is -0.395 e. The predicted octanol–water partition coefficient (Wildman–Crippen LogP) is 2.11. The monoisotopic (exact) mass is 302 g/mol. The third kappa shape index (κ3) is 2.27. The molecule has 0 aromatic carbocycles. The van der Waals surface area contributed by atoms with E-state index in [1.165, 1.54) is 30.6 Å². The maximum atomic E-state index is 12.4. The van der Waals surface area contributed by atoms with Crippen LogP contribution >= 0.6 is 11.3 Å². The molecule has 3 fully saturated rings. The molecule has 1 heterocycles. The van der Waals surface area contributed by atoms with Crippen molar-refractivity contribution in [2.75, 3.05) is 11.9 Å². The third-order valence-electron chi connectivity index (χ3n) is 5.22. The lowest BCUT2D eigenvalue weighted by Gasteiger charge is -2.07. The van der Waals surface area contributed by atoms with Crippen molar-refractivity contribution in [1.29, 1.82) is 0 Å². The number of nitrogens with one attached hydrogen (secondary N) is 1. The number of anilines is 1. The van der Waals surface area contributed by atoms with Gasteiger partial charge in [-0.15, -0.1) is 0 Å². The van der Waals surface area contributed by atoms with Crippen molar-refractivity contribution in [3.8, 4) is 11.8 Å². The van der Waals surface area contributed by atoms with Gasteiger partial charge >= 0.3 is 0 Å². The first kappa shape index (κ1) is 13.3. The molecule has 0 saturated heterocycles.